The summed E-state index contributed by atoms with van der Waals surface area (Å²) >= 11 is 3.24. The molecule has 0 heterocycles. The van der Waals surface area contributed by atoms with Crippen molar-refractivity contribution in [1.29, 1.82) is 0 Å². The van der Waals surface area contributed by atoms with Gasteiger partial charge in [-0.2, -0.15) is 0 Å². The zero-order valence-electron chi connectivity index (χ0n) is 11.8. The number of nitrogens with one attached hydrogen (secondary N) is 1. The summed E-state index contributed by atoms with van der Waals surface area (Å²) in [5.41, 5.74) is 8.23. The van der Waals surface area contributed by atoms with Crippen LogP contribution in [0.25, 0.3) is 0 Å². The number of sulfonamides is 1. The highest BCUT2D eigenvalue weighted by Gasteiger charge is 2.19. The molecule has 4 nitrogen and oxygen atoms in total. The highest BCUT2D eigenvalue weighted by Crippen LogP contribution is 2.24. The van der Waals surface area contributed by atoms with Crippen LogP contribution in [0.2, 0.25) is 0 Å². The molecule has 3 N–H and O–H groups in total. The quantitative estimate of drug-likeness (QED) is 0.812. The molecule has 6 heteroatoms. The number of hydrogen-bond donors (Lipinski definition) is 2. The van der Waals surface area contributed by atoms with Crippen LogP contribution in [0.3, 0.4) is 0 Å². The summed E-state index contributed by atoms with van der Waals surface area (Å²) in [7, 11) is -3.59. The molecule has 0 saturated carbocycles. The van der Waals surface area contributed by atoms with Gasteiger partial charge in [0.15, 0.2) is 0 Å². The maximum absolute atomic E-state index is 12.4. The van der Waals surface area contributed by atoms with Crippen molar-refractivity contribution in [2.45, 2.75) is 24.8 Å². The third-order valence-electron chi connectivity index (χ3n) is 3.19. The van der Waals surface area contributed by atoms with E-state index in [9.17, 15) is 8.42 Å². The smallest absolute Gasteiger partial charge is 0.241 e. The van der Waals surface area contributed by atoms with E-state index in [1.54, 1.807) is 6.07 Å². The summed E-state index contributed by atoms with van der Waals surface area (Å²) in [4.78, 5) is 0.183. The number of benzene rings is 2. The second kappa shape index (κ2) is 6.17. The average Bonchev–Trinajstić information content (AvgIpc) is 2.42. The van der Waals surface area contributed by atoms with Gasteiger partial charge in [-0.25, -0.2) is 13.1 Å². The van der Waals surface area contributed by atoms with Crippen LogP contribution in [0.5, 0.6) is 0 Å². The van der Waals surface area contributed by atoms with Crippen LogP contribution in [-0.4, -0.2) is 8.42 Å². The van der Waals surface area contributed by atoms with E-state index in [1.165, 1.54) is 12.1 Å². The summed E-state index contributed by atoms with van der Waals surface area (Å²) in [5, 5.41) is 0. The van der Waals surface area contributed by atoms with Gasteiger partial charge in [-0.15, -0.1) is 0 Å². The van der Waals surface area contributed by atoms with Crippen molar-refractivity contribution >= 4 is 31.6 Å². The average molecular weight is 369 g/mol. The molecule has 21 heavy (non-hydrogen) atoms. The minimum Gasteiger partial charge on any atom is -0.398 e. The van der Waals surface area contributed by atoms with Crippen LogP contribution < -0.4 is 10.5 Å². The molecule has 1 unspecified atom stereocenters. The Bertz CT molecular complexity index is 743. The fourth-order valence-corrected chi connectivity index (χ4v) is 3.69. The number of nitrogens with two attached hydrogens (primary N) is 1. The van der Waals surface area contributed by atoms with E-state index >= 15 is 0 Å². The van der Waals surface area contributed by atoms with Gasteiger partial charge in [0.25, 0.3) is 0 Å². The molecule has 0 aliphatic carbocycles. The van der Waals surface area contributed by atoms with Crippen molar-refractivity contribution in [3.05, 3.63) is 58.1 Å². The molecule has 0 aliphatic heterocycles. The number of aryl methyl sites for hydroxylation is 1. The monoisotopic (exact) mass is 368 g/mol. The molecular weight excluding hydrogens is 352 g/mol. The van der Waals surface area contributed by atoms with Crippen molar-refractivity contribution in [2.24, 2.45) is 0 Å². The van der Waals surface area contributed by atoms with Gasteiger partial charge in [0, 0.05) is 16.2 Å². The van der Waals surface area contributed by atoms with Crippen molar-refractivity contribution in [2.75, 3.05) is 5.73 Å². The Labute approximate surface area is 133 Å². The topological polar surface area (TPSA) is 72.2 Å². The molecule has 112 valence electrons. The molecule has 0 aromatic heterocycles. The van der Waals surface area contributed by atoms with E-state index in [1.807, 2.05) is 38.1 Å². The Morgan fingerprint density at radius 1 is 1.14 bits per heavy atom. The maximum Gasteiger partial charge on any atom is 0.241 e. The van der Waals surface area contributed by atoms with Crippen LogP contribution in [-0.2, 0) is 10.0 Å². The van der Waals surface area contributed by atoms with Gasteiger partial charge in [0.05, 0.1) is 4.90 Å². The van der Waals surface area contributed by atoms with Crippen LogP contribution in [0.15, 0.2) is 51.8 Å². The first-order valence-electron chi connectivity index (χ1n) is 6.43. The standard InChI is InChI=1S/C15H17BrN2O2S/c1-10-3-5-12(6-4-10)11(2)18-21(19,20)13-7-8-15(17)14(16)9-13/h3-9,11,18H,17H2,1-2H3. The number of hydrogen-bond acceptors (Lipinski definition) is 3. The number of halogens is 1. The summed E-state index contributed by atoms with van der Waals surface area (Å²) in [5.74, 6) is 0. The number of nitrogen functional groups attached to an aromatic ring is 1. The van der Waals surface area contributed by atoms with Crippen LogP contribution in [0.4, 0.5) is 5.69 Å². The predicted octanol–water partition coefficient (Wildman–Crippen LogP) is 3.38. The molecule has 0 bridgehead atoms. The van der Waals surface area contributed by atoms with Crippen molar-refractivity contribution < 1.29 is 8.42 Å². The van der Waals surface area contributed by atoms with E-state index in [4.69, 9.17) is 5.73 Å². The van der Waals surface area contributed by atoms with E-state index in [2.05, 4.69) is 20.7 Å². The summed E-state index contributed by atoms with van der Waals surface area (Å²) in [6.07, 6.45) is 0. The molecular formula is C15H17BrN2O2S. The molecule has 0 radical (unpaired) electrons. The second-order valence-corrected chi connectivity index (χ2v) is 7.51. The Kier molecular flexibility index (Phi) is 4.70. The molecule has 1 atom stereocenters. The Balaban J connectivity index is 2.24. The lowest BCUT2D eigenvalue weighted by Crippen LogP contribution is -2.26. The fraction of sp³-hybridized carbons (Fsp3) is 0.200. The van der Waals surface area contributed by atoms with Gasteiger partial charge in [0.2, 0.25) is 10.0 Å². The molecule has 2 aromatic rings. The Morgan fingerprint density at radius 2 is 1.76 bits per heavy atom. The zero-order chi connectivity index (χ0) is 15.6. The Morgan fingerprint density at radius 3 is 2.33 bits per heavy atom. The molecule has 0 saturated heterocycles. The fourth-order valence-electron chi connectivity index (χ4n) is 1.90. The number of anilines is 1. The van der Waals surface area contributed by atoms with E-state index < -0.39 is 10.0 Å². The van der Waals surface area contributed by atoms with E-state index in [0.29, 0.717) is 10.2 Å². The molecule has 0 spiro atoms. The van der Waals surface area contributed by atoms with Gasteiger partial charge in [0.1, 0.15) is 0 Å². The summed E-state index contributed by atoms with van der Waals surface area (Å²) in [6, 6.07) is 12.0. The zero-order valence-corrected chi connectivity index (χ0v) is 14.2. The maximum atomic E-state index is 12.4. The Hall–Kier alpha value is -1.37. The van der Waals surface area contributed by atoms with Crippen molar-refractivity contribution in [3.63, 3.8) is 0 Å². The number of rotatable bonds is 4. The van der Waals surface area contributed by atoms with Gasteiger partial charge in [-0.1, -0.05) is 29.8 Å². The largest absolute Gasteiger partial charge is 0.398 e. The van der Waals surface area contributed by atoms with Gasteiger partial charge >= 0.3 is 0 Å². The van der Waals surface area contributed by atoms with Crippen LogP contribution in [0, 0.1) is 6.92 Å². The van der Waals surface area contributed by atoms with Gasteiger partial charge in [-0.05, 0) is 53.5 Å². The van der Waals surface area contributed by atoms with Crippen molar-refractivity contribution in [1.82, 2.24) is 4.72 Å². The van der Waals surface area contributed by atoms with Gasteiger partial charge in [-0.3, -0.25) is 0 Å². The highest BCUT2D eigenvalue weighted by molar-refractivity contribution is 9.10. The lowest BCUT2D eigenvalue weighted by atomic mass is 10.1. The lowest BCUT2D eigenvalue weighted by Gasteiger charge is -2.15. The normalized spacial score (nSPS) is 13.1. The third-order valence-corrected chi connectivity index (χ3v) is 5.42. The van der Waals surface area contributed by atoms with E-state index in [0.717, 1.165) is 11.1 Å². The molecule has 2 aromatic carbocycles. The van der Waals surface area contributed by atoms with Crippen LogP contribution >= 0.6 is 15.9 Å². The minimum atomic E-state index is -3.59. The first-order chi connectivity index (χ1) is 9.79. The van der Waals surface area contributed by atoms with Gasteiger partial charge < -0.3 is 5.73 Å². The first kappa shape index (κ1) is 16.0. The second-order valence-electron chi connectivity index (χ2n) is 4.94. The molecule has 0 aliphatic rings. The predicted molar refractivity (Wildman–Crippen MR) is 88.5 cm³/mol. The lowest BCUT2D eigenvalue weighted by molar-refractivity contribution is 0.567. The first-order valence-corrected chi connectivity index (χ1v) is 8.71. The summed E-state index contributed by atoms with van der Waals surface area (Å²) in [6.45, 7) is 3.80. The summed E-state index contributed by atoms with van der Waals surface area (Å²) < 4.78 is 28.0. The highest BCUT2D eigenvalue weighted by atomic mass is 79.9. The van der Waals surface area contributed by atoms with Crippen molar-refractivity contribution in [3.8, 4) is 0 Å². The minimum absolute atomic E-state index is 0.183. The van der Waals surface area contributed by atoms with E-state index in [-0.39, 0.29) is 10.9 Å². The molecule has 0 amide bonds. The molecule has 2 rings (SSSR count). The molecule has 0 fully saturated rings. The van der Waals surface area contributed by atoms with Crippen LogP contribution in [0.1, 0.15) is 24.1 Å². The SMILES string of the molecule is Cc1ccc(C(C)NS(=O)(=O)c2ccc(N)c(Br)c2)cc1. The third kappa shape index (κ3) is 3.84.